The summed E-state index contributed by atoms with van der Waals surface area (Å²) in [6.07, 6.45) is -0.350. The number of rotatable bonds is 5. The van der Waals surface area contributed by atoms with E-state index in [1.54, 1.807) is 45.0 Å². The molecule has 0 aliphatic carbocycles. The van der Waals surface area contributed by atoms with Crippen LogP contribution in [0.3, 0.4) is 0 Å². The Morgan fingerprint density at radius 3 is 2.06 bits per heavy atom. The quantitative estimate of drug-likeness (QED) is 0.618. The predicted octanol–water partition coefficient (Wildman–Crippen LogP) is 4.51. The van der Waals surface area contributed by atoms with Gasteiger partial charge in [0.05, 0.1) is 6.04 Å². The minimum Gasteiger partial charge on any atom is -0.458 e. The molecule has 1 aromatic rings. The maximum absolute atomic E-state index is 13.3. The van der Waals surface area contributed by atoms with Crippen LogP contribution in [0.25, 0.3) is 0 Å². The smallest absolute Gasteiger partial charge is 0.419 e. The van der Waals surface area contributed by atoms with E-state index in [9.17, 15) is 19.2 Å². The SMILES string of the molecule is CCCC(=O)N1C(=O)N(C(=O)OCc2ccccc2)C(C(=O)OC(C)(C)C)[C@@H]1C(C)(C)C. The molecule has 1 unspecified atom stereocenters. The second-order valence-corrected chi connectivity index (χ2v) is 10.00. The van der Waals surface area contributed by atoms with Crippen molar-refractivity contribution in [3.8, 4) is 0 Å². The van der Waals surface area contributed by atoms with Crippen LogP contribution in [0.5, 0.6) is 0 Å². The van der Waals surface area contributed by atoms with Gasteiger partial charge in [-0.2, -0.15) is 0 Å². The summed E-state index contributed by atoms with van der Waals surface area (Å²) in [6.45, 7) is 12.3. The molecule has 8 heteroatoms. The maximum Gasteiger partial charge on any atom is 0.419 e. The zero-order valence-electron chi connectivity index (χ0n) is 20.0. The lowest BCUT2D eigenvalue weighted by atomic mass is 9.81. The Bertz CT molecular complexity index is 853. The first-order valence-electron chi connectivity index (χ1n) is 10.9. The standard InChI is InChI=1S/C24H34N2O6/c1-8-12-17(27)25-19(23(2,3)4)18(20(28)32-24(5,6)7)26(21(25)29)22(30)31-15-16-13-10-9-11-14-16/h9-11,13-14,18-19H,8,12,15H2,1-7H3/t18?,19-/m1/s1. The summed E-state index contributed by atoms with van der Waals surface area (Å²) >= 11 is 0. The van der Waals surface area contributed by atoms with Gasteiger partial charge in [-0.15, -0.1) is 0 Å². The van der Waals surface area contributed by atoms with Gasteiger partial charge in [-0.3, -0.25) is 9.69 Å². The lowest BCUT2D eigenvalue weighted by molar-refractivity contribution is -0.161. The van der Waals surface area contributed by atoms with E-state index in [-0.39, 0.29) is 13.0 Å². The summed E-state index contributed by atoms with van der Waals surface area (Å²) in [5, 5.41) is 0. The fraction of sp³-hybridized carbons (Fsp3) is 0.583. The molecular formula is C24H34N2O6. The Morgan fingerprint density at radius 2 is 1.56 bits per heavy atom. The highest BCUT2D eigenvalue weighted by atomic mass is 16.6. The normalized spacial score (nSPS) is 19.2. The number of benzene rings is 1. The number of amides is 4. The molecule has 1 aliphatic rings. The van der Waals surface area contributed by atoms with E-state index in [1.807, 2.05) is 33.8 Å². The molecule has 0 aromatic heterocycles. The number of ether oxygens (including phenoxy) is 2. The molecule has 2 atom stereocenters. The van der Waals surface area contributed by atoms with E-state index >= 15 is 0 Å². The molecule has 0 saturated carbocycles. The predicted molar refractivity (Wildman–Crippen MR) is 118 cm³/mol. The third kappa shape index (κ3) is 5.87. The van der Waals surface area contributed by atoms with Gasteiger partial charge in [0, 0.05) is 6.42 Å². The van der Waals surface area contributed by atoms with Crippen molar-refractivity contribution in [2.75, 3.05) is 0 Å². The molecule has 2 rings (SSSR count). The summed E-state index contributed by atoms with van der Waals surface area (Å²) in [4.78, 5) is 54.3. The molecule has 1 aliphatic heterocycles. The van der Waals surface area contributed by atoms with E-state index < -0.39 is 47.1 Å². The number of carbonyl (C=O) groups excluding carboxylic acids is 4. The second kappa shape index (κ2) is 9.71. The average molecular weight is 447 g/mol. The highest BCUT2D eigenvalue weighted by Gasteiger charge is 2.59. The molecular weight excluding hydrogens is 412 g/mol. The monoisotopic (exact) mass is 446 g/mol. The van der Waals surface area contributed by atoms with Crippen molar-refractivity contribution in [3.05, 3.63) is 35.9 Å². The lowest BCUT2D eigenvalue weighted by Crippen LogP contribution is -2.53. The first-order valence-corrected chi connectivity index (χ1v) is 10.9. The topological polar surface area (TPSA) is 93.2 Å². The summed E-state index contributed by atoms with van der Waals surface area (Å²) in [5.41, 5.74) is -0.814. The molecule has 1 heterocycles. The second-order valence-electron chi connectivity index (χ2n) is 10.00. The maximum atomic E-state index is 13.3. The Morgan fingerprint density at radius 1 is 0.969 bits per heavy atom. The first-order chi connectivity index (χ1) is 14.8. The van der Waals surface area contributed by atoms with Gasteiger partial charge in [-0.1, -0.05) is 58.0 Å². The van der Waals surface area contributed by atoms with Gasteiger partial charge in [0.1, 0.15) is 12.2 Å². The van der Waals surface area contributed by atoms with Crippen molar-refractivity contribution >= 4 is 24.0 Å². The van der Waals surface area contributed by atoms with Crippen LogP contribution in [0.2, 0.25) is 0 Å². The van der Waals surface area contributed by atoms with Crippen molar-refractivity contribution in [1.29, 1.82) is 0 Å². The van der Waals surface area contributed by atoms with Crippen LogP contribution >= 0.6 is 0 Å². The van der Waals surface area contributed by atoms with E-state index in [0.29, 0.717) is 6.42 Å². The molecule has 1 fully saturated rings. The number of hydrogen-bond acceptors (Lipinski definition) is 6. The number of urea groups is 1. The van der Waals surface area contributed by atoms with Crippen molar-refractivity contribution in [2.45, 2.75) is 85.6 Å². The first kappa shape index (κ1) is 25.4. The summed E-state index contributed by atoms with van der Waals surface area (Å²) in [5.74, 6) is -1.20. The molecule has 176 valence electrons. The van der Waals surface area contributed by atoms with Gasteiger partial charge in [0.15, 0.2) is 6.04 Å². The van der Waals surface area contributed by atoms with Crippen LogP contribution in [-0.4, -0.2) is 51.5 Å². The van der Waals surface area contributed by atoms with Crippen LogP contribution in [-0.2, 0) is 25.7 Å². The Balaban J connectivity index is 2.46. The van der Waals surface area contributed by atoms with Crippen LogP contribution in [0.4, 0.5) is 9.59 Å². The van der Waals surface area contributed by atoms with Gasteiger partial charge < -0.3 is 9.47 Å². The molecule has 4 amide bonds. The van der Waals surface area contributed by atoms with Crippen molar-refractivity contribution in [3.63, 3.8) is 0 Å². The van der Waals surface area contributed by atoms with E-state index in [1.165, 1.54) is 0 Å². The number of esters is 1. The third-order valence-corrected chi connectivity index (χ3v) is 4.94. The number of nitrogens with zero attached hydrogens (tertiary/aromatic N) is 2. The molecule has 0 radical (unpaired) electrons. The fourth-order valence-electron chi connectivity index (χ4n) is 3.67. The number of imide groups is 2. The van der Waals surface area contributed by atoms with E-state index in [0.717, 1.165) is 15.4 Å². The Labute approximate surface area is 189 Å². The zero-order chi connectivity index (χ0) is 24.3. The number of carbonyl (C=O) groups is 4. The lowest BCUT2D eigenvalue weighted by Gasteiger charge is -2.36. The van der Waals surface area contributed by atoms with Gasteiger partial charge >= 0.3 is 18.1 Å². The van der Waals surface area contributed by atoms with Gasteiger partial charge in [0.25, 0.3) is 0 Å². The number of hydrogen-bond donors (Lipinski definition) is 0. The van der Waals surface area contributed by atoms with E-state index in [4.69, 9.17) is 9.47 Å². The molecule has 8 nitrogen and oxygen atoms in total. The molecule has 0 spiro atoms. The summed E-state index contributed by atoms with van der Waals surface area (Å²) in [6, 6.07) is 5.91. The highest BCUT2D eigenvalue weighted by molar-refractivity contribution is 6.07. The molecule has 0 N–H and O–H groups in total. The molecule has 0 bridgehead atoms. The summed E-state index contributed by atoms with van der Waals surface area (Å²) < 4.78 is 10.9. The van der Waals surface area contributed by atoms with Crippen LogP contribution in [0.15, 0.2) is 30.3 Å². The molecule has 1 aromatic carbocycles. The fourth-order valence-corrected chi connectivity index (χ4v) is 3.67. The molecule has 1 saturated heterocycles. The minimum absolute atomic E-state index is 0.0758. The van der Waals surface area contributed by atoms with Crippen molar-refractivity contribution < 1.29 is 28.7 Å². The van der Waals surface area contributed by atoms with Crippen LogP contribution < -0.4 is 0 Å². The Hall–Kier alpha value is -2.90. The van der Waals surface area contributed by atoms with Gasteiger partial charge in [-0.05, 0) is 38.2 Å². The largest absolute Gasteiger partial charge is 0.458 e. The van der Waals surface area contributed by atoms with Crippen molar-refractivity contribution in [2.24, 2.45) is 5.41 Å². The minimum atomic E-state index is -1.31. The van der Waals surface area contributed by atoms with Crippen LogP contribution in [0.1, 0.15) is 66.9 Å². The van der Waals surface area contributed by atoms with E-state index in [2.05, 4.69) is 0 Å². The molecule has 32 heavy (non-hydrogen) atoms. The van der Waals surface area contributed by atoms with Gasteiger partial charge in [0.2, 0.25) is 5.91 Å². The van der Waals surface area contributed by atoms with Gasteiger partial charge in [-0.25, -0.2) is 19.3 Å². The summed E-state index contributed by atoms with van der Waals surface area (Å²) in [7, 11) is 0. The average Bonchev–Trinajstić information content (AvgIpc) is 2.99. The highest BCUT2D eigenvalue weighted by Crippen LogP contribution is 2.38. The Kier molecular flexibility index (Phi) is 7.70. The van der Waals surface area contributed by atoms with Crippen LogP contribution in [0, 0.1) is 5.41 Å². The van der Waals surface area contributed by atoms with Crippen molar-refractivity contribution in [1.82, 2.24) is 9.80 Å². The zero-order valence-corrected chi connectivity index (χ0v) is 20.0. The third-order valence-electron chi connectivity index (χ3n) is 4.94.